The monoisotopic (exact) mass is 215 g/mol. The van der Waals surface area contributed by atoms with Crippen molar-refractivity contribution in [1.29, 1.82) is 0 Å². The molecular weight excluding hydrogens is 202 g/mol. The van der Waals surface area contributed by atoms with Crippen LogP contribution in [0.25, 0.3) is 10.4 Å². The number of nitrogens with zero attached hydrogens (tertiary/aromatic N) is 3. The molecule has 15 heavy (non-hydrogen) atoms. The van der Waals surface area contributed by atoms with Gasteiger partial charge in [0, 0.05) is 4.91 Å². The third-order valence-electron chi connectivity index (χ3n) is 1.39. The Labute approximate surface area is 86.7 Å². The summed E-state index contributed by atoms with van der Waals surface area (Å²) in [5.74, 6) is -1.87. The maximum Gasteiger partial charge on any atom is 0.315 e. The molecule has 0 aromatic carbocycles. The fraction of sp³-hybridized carbons (Fsp3) is 0.750. The van der Waals surface area contributed by atoms with Crippen LogP contribution in [0.2, 0.25) is 0 Å². The molecule has 0 aromatic rings. The van der Waals surface area contributed by atoms with Crippen molar-refractivity contribution in [3.63, 3.8) is 0 Å². The molecular formula is C8H13N3O4. The average molecular weight is 215 g/mol. The van der Waals surface area contributed by atoms with E-state index in [1.165, 1.54) is 0 Å². The molecule has 7 nitrogen and oxygen atoms in total. The number of hydrogen-bond donors (Lipinski definition) is 1. The van der Waals surface area contributed by atoms with Crippen LogP contribution >= 0.6 is 0 Å². The van der Waals surface area contributed by atoms with Gasteiger partial charge in [-0.15, -0.1) is 0 Å². The molecule has 0 spiro atoms. The van der Waals surface area contributed by atoms with Crippen LogP contribution < -0.4 is 0 Å². The quantitative estimate of drug-likeness (QED) is 0.311. The van der Waals surface area contributed by atoms with Gasteiger partial charge in [0.05, 0.1) is 13.0 Å². The summed E-state index contributed by atoms with van der Waals surface area (Å²) in [4.78, 5) is 24.0. The van der Waals surface area contributed by atoms with Crippen molar-refractivity contribution >= 4 is 11.9 Å². The fourth-order valence-corrected chi connectivity index (χ4v) is 0.744. The summed E-state index contributed by atoms with van der Waals surface area (Å²) in [7, 11) is 0. The van der Waals surface area contributed by atoms with Gasteiger partial charge in [-0.05, 0) is 11.4 Å². The van der Waals surface area contributed by atoms with E-state index in [4.69, 9.17) is 15.4 Å². The number of aliphatic carboxylic acids is 1. The predicted molar refractivity (Wildman–Crippen MR) is 51.0 cm³/mol. The Kier molecular flexibility index (Phi) is 5.89. The Bertz CT molecular complexity index is 284. The van der Waals surface area contributed by atoms with Gasteiger partial charge in [-0.3, -0.25) is 9.59 Å². The SMILES string of the molecule is CC(C)COC(=O)C(CC(=O)O)N=[N+]=[N-]. The highest BCUT2D eigenvalue weighted by molar-refractivity contribution is 5.82. The number of ether oxygens (including phenoxy) is 1. The van der Waals surface area contributed by atoms with E-state index in [1.54, 1.807) is 0 Å². The van der Waals surface area contributed by atoms with Crippen LogP contribution in [-0.4, -0.2) is 29.7 Å². The molecule has 0 saturated carbocycles. The lowest BCUT2D eigenvalue weighted by Crippen LogP contribution is -2.25. The second-order valence-corrected chi connectivity index (χ2v) is 3.34. The van der Waals surface area contributed by atoms with Crippen LogP contribution in [0.3, 0.4) is 0 Å². The van der Waals surface area contributed by atoms with Gasteiger partial charge in [0.15, 0.2) is 0 Å². The molecule has 0 aromatic heterocycles. The van der Waals surface area contributed by atoms with Gasteiger partial charge in [-0.25, -0.2) is 0 Å². The molecule has 0 amide bonds. The fourth-order valence-electron chi connectivity index (χ4n) is 0.744. The Morgan fingerprint density at radius 1 is 1.53 bits per heavy atom. The summed E-state index contributed by atoms with van der Waals surface area (Å²) in [6, 6.07) is -1.29. The number of azide groups is 1. The third kappa shape index (κ3) is 6.34. The summed E-state index contributed by atoms with van der Waals surface area (Å²) in [5.41, 5.74) is 8.13. The lowest BCUT2D eigenvalue weighted by atomic mass is 10.2. The van der Waals surface area contributed by atoms with Gasteiger partial charge < -0.3 is 9.84 Å². The third-order valence-corrected chi connectivity index (χ3v) is 1.39. The molecule has 1 unspecified atom stereocenters. The first-order valence-corrected chi connectivity index (χ1v) is 4.40. The molecule has 0 heterocycles. The molecule has 0 aliphatic heterocycles. The molecule has 0 aliphatic carbocycles. The lowest BCUT2D eigenvalue weighted by molar-refractivity contribution is -0.150. The van der Waals surface area contributed by atoms with E-state index in [0.717, 1.165) is 0 Å². The van der Waals surface area contributed by atoms with E-state index < -0.39 is 24.4 Å². The maximum absolute atomic E-state index is 11.2. The molecule has 0 radical (unpaired) electrons. The van der Waals surface area contributed by atoms with Crippen LogP contribution in [0.4, 0.5) is 0 Å². The van der Waals surface area contributed by atoms with Crippen molar-refractivity contribution in [3.05, 3.63) is 10.4 Å². The van der Waals surface area contributed by atoms with Gasteiger partial charge >= 0.3 is 11.9 Å². The molecule has 1 atom stereocenters. The van der Waals surface area contributed by atoms with Gasteiger partial charge in [0.2, 0.25) is 0 Å². The standard InChI is InChI=1S/C8H13N3O4/c1-5(2)4-15-8(14)6(10-11-9)3-7(12)13/h5-6H,3-4H2,1-2H3,(H,12,13). The Morgan fingerprint density at radius 2 is 2.13 bits per heavy atom. The highest BCUT2D eigenvalue weighted by Gasteiger charge is 2.21. The smallest absolute Gasteiger partial charge is 0.315 e. The van der Waals surface area contributed by atoms with E-state index in [-0.39, 0.29) is 12.5 Å². The summed E-state index contributed by atoms with van der Waals surface area (Å²) in [6.07, 6.45) is -0.555. The molecule has 84 valence electrons. The van der Waals surface area contributed by atoms with Gasteiger partial charge in [0.1, 0.15) is 6.04 Å². The van der Waals surface area contributed by atoms with Crippen molar-refractivity contribution in [2.75, 3.05) is 6.61 Å². The average Bonchev–Trinajstić information content (AvgIpc) is 2.12. The Morgan fingerprint density at radius 3 is 2.53 bits per heavy atom. The van der Waals surface area contributed by atoms with Crippen LogP contribution in [0.1, 0.15) is 20.3 Å². The minimum absolute atomic E-state index is 0.144. The van der Waals surface area contributed by atoms with Crippen molar-refractivity contribution in [1.82, 2.24) is 0 Å². The van der Waals surface area contributed by atoms with E-state index >= 15 is 0 Å². The first-order chi connectivity index (χ1) is 6.97. The van der Waals surface area contributed by atoms with Crippen molar-refractivity contribution in [3.8, 4) is 0 Å². The first-order valence-electron chi connectivity index (χ1n) is 4.40. The normalized spacial score (nSPS) is 11.7. The number of carboxylic acid groups (broad SMARTS) is 1. The molecule has 0 fully saturated rings. The Hall–Kier alpha value is -1.75. The number of hydrogen-bond acceptors (Lipinski definition) is 4. The molecule has 7 heteroatoms. The maximum atomic E-state index is 11.2. The van der Waals surface area contributed by atoms with Crippen LogP contribution in [0, 0.1) is 5.92 Å². The summed E-state index contributed by atoms with van der Waals surface area (Å²) in [5, 5.41) is 11.5. The molecule has 0 aliphatic rings. The predicted octanol–water partition coefficient (Wildman–Crippen LogP) is 1.34. The molecule has 0 bridgehead atoms. The highest BCUT2D eigenvalue weighted by Crippen LogP contribution is 2.04. The van der Waals surface area contributed by atoms with Gasteiger partial charge in [-0.1, -0.05) is 19.0 Å². The number of esters is 1. The van der Waals surface area contributed by atoms with Crippen molar-refractivity contribution in [2.24, 2.45) is 11.0 Å². The first kappa shape index (κ1) is 13.2. The zero-order chi connectivity index (χ0) is 11.8. The van der Waals surface area contributed by atoms with Crippen molar-refractivity contribution in [2.45, 2.75) is 26.3 Å². The van der Waals surface area contributed by atoms with Crippen molar-refractivity contribution < 1.29 is 19.4 Å². The molecule has 0 rings (SSSR count). The number of rotatable bonds is 6. The summed E-state index contributed by atoms with van der Waals surface area (Å²) >= 11 is 0. The van der Waals surface area contributed by atoms with Gasteiger partial charge in [0.25, 0.3) is 0 Å². The lowest BCUT2D eigenvalue weighted by Gasteiger charge is -2.10. The summed E-state index contributed by atoms with van der Waals surface area (Å²) < 4.78 is 4.75. The largest absolute Gasteiger partial charge is 0.481 e. The second kappa shape index (κ2) is 6.67. The van der Waals surface area contributed by atoms with Crippen LogP contribution in [0.15, 0.2) is 5.11 Å². The number of carboxylic acids is 1. The van der Waals surface area contributed by atoms with Gasteiger partial charge in [-0.2, -0.15) is 0 Å². The van der Waals surface area contributed by atoms with E-state index in [9.17, 15) is 9.59 Å². The number of carbonyl (C=O) groups excluding carboxylic acids is 1. The second-order valence-electron chi connectivity index (χ2n) is 3.34. The minimum atomic E-state index is -1.29. The highest BCUT2D eigenvalue weighted by atomic mass is 16.5. The molecule has 0 saturated heterocycles. The number of carbonyl (C=O) groups is 2. The van der Waals surface area contributed by atoms with E-state index in [1.807, 2.05) is 13.8 Å². The van der Waals surface area contributed by atoms with E-state index in [0.29, 0.717) is 0 Å². The zero-order valence-corrected chi connectivity index (χ0v) is 8.58. The Balaban J connectivity index is 4.29. The minimum Gasteiger partial charge on any atom is -0.481 e. The van der Waals surface area contributed by atoms with Crippen LogP contribution in [-0.2, 0) is 14.3 Å². The summed E-state index contributed by atoms with van der Waals surface area (Å²) in [6.45, 7) is 3.86. The van der Waals surface area contributed by atoms with E-state index in [2.05, 4.69) is 10.0 Å². The zero-order valence-electron chi connectivity index (χ0n) is 8.58. The molecule has 1 N–H and O–H groups in total. The van der Waals surface area contributed by atoms with Crippen LogP contribution in [0.5, 0.6) is 0 Å². The topological polar surface area (TPSA) is 112 Å².